The standard InChI is InChI=1S/C16H15NO4/c1-10-6-5-9-12(14(10)18)15(19)17-13(16(20)21)11-7-3-2-4-8-11/h2-9,13,18H,1H3,(H,17,19)(H,20,21). The van der Waals surface area contributed by atoms with Gasteiger partial charge in [0, 0.05) is 0 Å². The highest BCUT2D eigenvalue weighted by molar-refractivity contribution is 5.99. The van der Waals surface area contributed by atoms with E-state index >= 15 is 0 Å². The smallest absolute Gasteiger partial charge is 0.330 e. The Labute approximate surface area is 121 Å². The summed E-state index contributed by atoms with van der Waals surface area (Å²) in [6.45, 7) is 1.66. The van der Waals surface area contributed by atoms with Crippen LogP contribution in [0.3, 0.4) is 0 Å². The Morgan fingerprint density at radius 1 is 1.05 bits per heavy atom. The van der Waals surface area contributed by atoms with Crippen LogP contribution in [-0.2, 0) is 4.79 Å². The molecule has 0 saturated carbocycles. The SMILES string of the molecule is Cc1cccc(C(=O)NC(C(=O)O)c2ccccc2)c1O. The highest BCUT2D eigenvalue weighted by Gasteiger charge is 2.23. The molecule has 5 heteroatoms. The molecule has 1 atom stereocenters. The largest absolute Gasteiger partial charge is 0.507 e. The lowest BCUT2D eigenvalue weighted by atomic mass is 10.1. The van der Waals surface area contributed by atoms with Gasteiger partial charge < -0.3 is 15.5 Å². The topological polar surface area (TPSA) is 86.6 Å². The number of rotatable bonds is 4. The van der Waals surface area contributed by atoms with Crippen LogP contribution >= 0.6 is 0 Å². The van der Waals surface area contributed by atoms with Gasteiger partial charge in [0.05, 0.1) is 5.56 Å². The van der Waals surface area contributed by atoms with Crippen molar-refractivity contribution < 1.29 is 19.8 Å². The van der Waals surface area contributed by atoms with Gasteiger partial charge >= 0.3 is 5.97 Å². The number of hydrogen-bond donors (Lipinski definition) is 3. The van der Waals surface area contributed by atoms with Crippen LogP contribution in [0.5, 0.6) is 5.75 Å². The second kappa shape index (κ2) is 6.09. The number of nitrogens with one attached hydrogen (secondary N) is 1. The maximum absolute atomic E-state index is 12.2. The highest BCUT2D eigenvalue weighted by Crippen LogP contribution is 2.22. The molecule has 0 aliphatic rings. The van der Waals surface area contributed by atoms with Crippen LogP contribution in [0.2, 0.25) is 0 Å². The normalized spacial score (nSPS) is 11.7. The molecule has 2 aromatic carbocycles. The number of phenolic OH excluding ortho intramolecular Hbond substituents is 1. The lowest BCUT2D eigenvalue weighted by Crippen LogP contribution is -2.33. The fourth-order valence-corrected chi connectivity index (χ4v) is 1.98. The molecule has 3 N–H and O–H groups in total. The van der Waals surface area contributed by atoms with Gasteiger partial charge in [-0.1, -0.05) is 42.5 Å². The number of hydrogen-bond acceptors (Lipinski definition) is 3. The van der Waals surface area contributed by atoms with Crippen molar-refractivity contribution in [3.63, 3.8) is 0 Å². The molecule has 0 spiro atoms. The zero-order chi connectivity index (χ0) is 15.4. The first-order chi connectivity index (χ1) is 10.0. The molecule has 0 heterocycles. The molecule has 0 radical (unpaired) electrons. The molecular formula is C16H15NO4. The maximum Gasteiger partial charge on any atom is 0.330 e. The summed E-state index contributed by atoms with van der Waals surface area (Å²) in [5.41, 5.74) is 1.07. The van der Waals surface area contributed by atoms with Crippen LogP contribution in [0.1, 0.15) is 27.5 Å². The molecule has 2 rings (SSSR count). The van der Waals surface area contributed by atoms with Crippen molar-refractivity contribution >= 4 is 11.9 Å². The number of phenols is 1. The zero-order valence-electron chi connectivity index (χ0n) is 11.4. The summed E-state index contributed by atoms with van der Waals surface area (Å²) < 4.78 is 0. The molecular weight excluding hydrogens is 270 g/mol. The van der Waals surface area contributed by atoms with E-state index in [1.165, 1.54) is 6.07 Å². The number of amides is 1. The second-order valence-electron chi connectivity index (χ2n) is 4.63. The van der Waals surface area contributed by atoms with Crippen molar-refractivity contribution in [1.29, 1.82) is 0 Å². The number of aliphatic carboxylic acids is 1. The van der Waals surface area contributed by atoms with E-state index in [4.69, 9.17) is 0 Å². The number of carboxylic acid groups (broad SMARTS) is 1. The fourth-order valence-electron chi connectivity index (χ4n) is 1.98. The molecule has 1 amide bonds. The van der Waals surface area contributed by atoms with Crippen molar-refractivity contribution in [3.8, 4) is 5.75 Å². The Morgan fingerprint density at radius 3 is 2.33 bits per heavy atom. The van der Waals surface area contributed by atoms with Crippen molar-refractivity contribution in [2.24, 2.45) is 0 Å². The number of aryl methyl sites for hydroxylation is 1. The third kappa shape index (κ3) is 3.20. The predicted octanol–water partition coefficient (Wildman–Crippen LogP) is 2.26. The number of carbonyl (C=O) groups is 2. The summed E-state index contributed by atoms with van der Waals surface area (Å²) in [6.07, 6.45) is 0. The predicted molar refractivity (Wildman–Crippen MR) is 77.1 cm³/mol. The minimum Gasteiger partial charge on any atom is -0.507 e. The third-order valence-electron chi connectivity index (χ3n) is 3.14. The summed E-state index contributed by atoms with van der Waals surface area (Å²) >= 11 is 0. The minimum atomic E-state index is -1.17. The Bertz CT molecular complexity index is 667. The lowest BCUT2D eigenvalue weighted by Gasteiger charge is -2.15. The summed E-state index contributed by atoms with van der Waals surface area (Å²) in [4.78, 5) is 23.5. The van der Waals surface area contributed by atoms with Crippen molar-refractivity contribution in [2.45, 2.75) is 13.0 Å². The van der Waals surface area contributed by atoms with Gasteiger partial charge in [0.25, 0.3) is 5.91 Å². The molecule has 21 heavy (non-hydrogen) atoms. The highest BCUT2D eigenvalue weighted by atomic mass is 16.4. The maximum atomic E-state index is 12.2. The molecule has 0 aliphatic heterocycles. The molecule has 0 aliphatic carbocycles. The molecule has 0 bridgehead atoms. The van der Waals surface area contributed by atoms with E-state index in [9.17, 15) is 19.8 Å². The third-order valence-corrected chi connectivity index (χ3v) is 3.14. The van der Waals surface area contributed by atoms with Crippen molar-refractivity contribution in [3.05, 3.63) is 65.2 Å². The summed E-state index contributed by atoms with van der Waals surface area (Å²) in [5, 5.41) is 21.6. The molecule has 0 fully saturated rings. The van der Waals surface area contributed by atoms with Crippen LogP contribution in [0.25, 0.3) is 0 Å². The molecule has 5 nitrogen and oxygen atoms in total. The average molecular weight is 285 g/mol. The van der Waals surface area contributed by atoms with E-state index in [1.54, 1.807) is 49.4 Å². The zero-order valence-corrected chi connectivity index (χ0v) is 11.4. The quantitative estimate of drug-likeness (QED) is 0.804. The van der Waals surface area contributed by atoms with Gasteiger partial charge in [0.1, 0.15) is 5.75 Å². The number of carbonyl (C=O) groups excluding carboxylic acids is 1. The first-order valence-electron chi connectivity index (χ1n) is 6.38. The summed E-state index contributed by atoms with van der Waals surface area (Å²) in [6, 6.07) is 12.0. The van der Waals surface area contributed by atoms with Crippen LogP contribution in [-0.4, -0.2) is 22.1 Å². The minimum absolute atomic E-state index is 0.0529. The van der Waals surface area contributed by atoms with Gasteiger partial charge in [0.15, 0.2) is 6.04 Å². The fraction of sp³-hybridized carbons (Fsp3) is 0.125. The van der Waals surface area contributed by atoms with Gasteiger partial charge in [0.2, 0.25) is 0 Å². The van der Waals surface area contributed by atoms with Gasteiger partial charge in [-0.25, -0.2) is 4.79 Å². The van der Waals surface area contributed by atoms with Crippen LogP contribution < -0.4 is 5.32 Å². The summed E-state index contributed by atoms with van der Waals surface area (Å²) in [5.74, 6) is -1.94. The molecule has 2 aromatic rings. The van der Waals surface area contributed by atoms with E-state index in [0.29, 0.717) is 11.1 Å². The Hall–Kier alpha value is -2.82. The van der Waals surface area contributed by atoms with Crippen LogP contribution in [0.15, 0.2) is 48.5 Å². The second-order valence-corrected chi connectivity index (χ2v) is 4.63. The Balaban J connectivity index is 2.28. The van der Waals surface area contributed by atoms with E-state index < -0.39 is 17.9 Å². The van der Waals surface area contributed by atoms with Gasteiger partial charge in [-0.2, -0.15) is 0 Å². The number of carboxylic acids is 1. The van der Waals surface area contributed by atoms with Crippen LogP contribution in [0.4, 0.5) is 0 Å². The lowest BCUT2D eigenvalue weighted by molar-refractivity contribution is -0.139. The molecule has 1 unspecified atom stereocenters. The Kier molecular flexibility index (Phi) is 4.23. The monoisotopic (exact) mass is 285 g/mol. The molecule has 108 valence electrons. The van der Waals surface area contributed by atoms with Crippen molar-refractivity contribution in [2.75, 3.05) is 0 Å². The molecule has 0 aromatic heterocycles. The average Bonchev–Trinajstić information content (AvgIpc) is 2.48. The van der Waals surface area contributed by atoms with E-state index in [2.05, 4.69) is 5.32 Å². The van der Waals surface area contributed by atoms with E-state index in [1.807, 2.05) is 0 Å². The number of aromatic hydroxyl groups is 1. The molecule has 0 saturated heterocycles. The van der Waals surface area contributed by atoms with Gasteiger partial charge in [-0.3, -0.25) is 4.79 Å². The number of para-hydroxylation sites is 1. The first kappa shape index (κ1) is 14.6. The number of benzene rings is 2. The Morgan fingerprint density at radius 2 is 1.71 bits per heavy atom. The summed E-state index contributed by atoms with van der Waals surface area (Å²) in [7, 11) is 0. The van der Waals surface area contributed by atoms with E-state index in [0.717, 1.165) is 0 Å². The first-order valence-corrected chi connectivity index (χ1v) is 6.38. The van der Waals surface area contributed by atoms with Crippen molar-refractivity contribution in [1.82, 2.24) is 5.32 Å². The van der Waals surface area contributed by atoms with E-state index in [-0.39, 0.29) is 11.3 Å². The van der Waals surface area contributed by atoms with Crippen LogP contribution in [0, 0.1) is 6.92 Å². The van der Waals surface area contributed by atoms with Gasteiger partial charge in [-0.15, -0.1) is 0 Å². The van der Waals surface area contributed by atoms with Gasteiger partial charge in [-0.05, 0) is 24.1 Å².